The molecule has 3 saturated heterocycles. The largest absolute Gasteiger partial charge is 0.459 e. The van der Waals surface area contributed by atoms with Gasteiger partial charge in [-0.25, -0.2) is 4.68 Å². The lowest BCUT2D eigenvalue weighted by molar-refractivity contribution is -0.319. The maximum Gasteiger partial charge on any atom is 0.311 e. The van der Waals surface area contributed by atoms with Crippen molar-refractivity contribution in [2.24, 2.45) is 23.7 Å². The van der Waals surface area contributed by atoms with Crippen LogP contribution in [0, 0.1) is 23.7 Å². The van der Waals surface area contributed by atoms with Crippen LogP contribution in [0.1, 0.15) is 74.7 Å². The lowest BCUT2D eigenvalue weighted by Gasteiger charge is -2.49. The molecule has 352 valence electrons. The van der Waals surface area contributed by atoms with Gasteiger partial charge in [0.1, 0.15) is 24.0 Å². The van der Waals surface area contributed by atoms with Gasteiger partial charge in [-0.3, -0.25) is 4.79 Å². The number of hydrogen-bond donors (Lipinski definition) is 3. The van der Waals surface area contributed by atoms with Crippen molar-refractivity contribution in [3.63, 3.8) is 0 Å². The number of carbonyl (C=O) groups excluding carboxylic acids is 1. The van der Waals surface area contributed by atoms with Gasteiger partial charge in [0, 0.05) is 56.3 Å². The lowest BCUT2D eigenvalue weighted by atomic mass is 9.75. The van der Waals surface area contributed by atoms with Gasteiger partial charge < -0.3 is 58.3 Å². The van der Waals surface area contributed by atoms with E-state index in [4.69, 9.17) is 44.8 Å². The number of aliphatic hydroxyl groups excluding tert-OH is 3. The molecule has 1 aromatic heterocycles. The van der Waals surface area contributed by atoms with Gasteiger partial charge in [-0.1, -0.05) is 49.7 Å². The summed E-state index contributed by atoms with van der Waals surface area (Å²) >= 11 is 6.14. The van der Waals surface area contributed by atoms with Crippen LogP contribution in [-0.2, 0) is 44.5 Å². The van der Waals surface area contributed by atoms with Gasteiger partial charge in [0.25, 0.3) is 0 Å². The molecule has 2 aromatic rings. The van der Waals surface area contributed by atoms with Crippen molar-refractivity contribution in [2.75, 3.05) is 48.5 Å². The number of halogens is 1. The van der Waals surface area contributed by atoms with Crippen LogP contribution in [0.25, 0.3) is 11.3 Å². The van der Waals surface area contributed by atoms with Crippen molar-refractivity contribution in [1.29, 1.82) is 0 Å². The van der Waals surface area contributed by atoms with Gasteiger partial charge in [0.2, 0.25) is 0 Å². The van der Waals surface area contributed by atoms with Crippen LogP contribution < -0.4 is 0 Å². The molecule has 0 saturated carbocycles. The number of nitrogens with zero attached hydrogens (tertiary/aromatic N) is 5. The van der Waals surface area contributed by atoms with Crippen LogP contribution in [0.3, 0.4) is 0 Å². The van der Waals surface area contributed by atoms with E-state index < -0.39 is 84.3 Å². The summed E-state index contributed by atoms with van der Waals surface area (Å²) in [6.07, 6.45) is -5.16. The van der Waals surface area contributed by atoms with E-state index in [1.54, 1.807) is 50.9 Å². The molecule has 3 aliphatic rings. The third-order valence-corrected chi connectivity index (χ3v) is 13.9. The van der Waals surface area contributed by atoms with Crippen molar-refractivity contribution in [2.45, 2.75) is 160 Å². The molecule has 3 fully saturated rings. The van der Waals surface area contributed by atoms with Crippen molar-refractivity contribution < 1.29 is 53.3 Å². The van der Waals surface area contributed by atoms with Gasteiger partial charge in [-0.05, 0) is 92.6 Å². The summed E-state index contributed by atoms with van der Waals surface area (Å²) in [5.41, 5.74) is -0.640. The number of cyclic esters (lactones) is 1. The van der Waals surface area contributed by atoms with Gasteiger partial charge in [-0.2, -0.15) is 0 Å². The van der Waals surface area contributed by atoms with Gasteiger partial charge in [0.05, 0.1) is 60.4 Å². The number of ether oxygens (including phenoxy) is 7. The normalized spacial score (nSPS) is 41.1. The summed E-state index contributed by atoms with van der Waals surface area (Å²) < 4.78 is 46.9. The van der Waals surface area contributed by atoms with E-state index >= 15 is 0 Å². The van der Waals surface area contributed by atoms with Crippen LogP contribution in [0.15, 0.2) is 30.5 Å². The Morgan fingerprint density at radius 1 is 0.903 bits per heavy atom. The molecule has 17 heteroatoms. The molecule has 62 heavy (non-hydrogen) atoms. The summed E-state index contributed by atoms with van der Waals surface area (Å²) in [6, 6.07) is 7.06. The van der Waals surface area contributed by atoms with E-state index in [2.05, 4.69) is 15.2 Å². The molecular weight excluding hydrogens is 822 g/mol. The molecule has 16 nitrogen and oxygen atoms in total. The van der Waals surface area contributed by atoms with Crippen LogP contribution in [-0.4, -0.2) is 173 Å². The predicted octanol–water partition coefficient (Wildman–Crippen LogP) is 4.25. The molecule has 1 aromatic carbocycles. The molecule has 5 rings (SSSR count). The van der Waals surface area contributed by atoms with Crippen molar-refractivity contribution in [3.8, 4) is 11.3 Å². The zero-order valence-electron chi connectivity index (χ0n) is 39.0. The second-order valence-electron chi connectivity index (χ2n) is 19.1. The summed E-state index contributed by atoms with van der Waals surface area (Å²) in [5, 5.41) is 44.2. The fourth-order valence-corrected chi connectivity index (χ4v) is 9.93. The fraction of sp³-hybridized carbons (Fsp3) is 0.800. The Labute approximate surface area is 373 Å². The standard InChI is InChI=1S/C45H74ClN5O11/c1-25-19-45(8,57-13)41(62-43-38(53)35(49(9)10)18-27(3)58-43)28(4)39(61-36-20-44(7,56-12)40(54)30(6)59-36)29(5)42(55)60-33(22-50(11)21-26(2)37(25)52)23-51-24-34(47-48-51)31-14-16-32(46)17-15-31/h14-17,24-30,33,35-41,43,52-54H,18-23H2,1-13H3/t25-,26-,27-,28+,29-,30+,33+,35+,36+,37+,38-,39+,40+,41-,43+,44-,45-/m1/s1. The molecule has 0 unspecified atom stereocenters. The second-order valence-corrected chi connectivity index (χ2v) is 19.5. The molecule has 0 radical (unpaired) electrons. The number of rotatable bonds is 10. The number of hydrogen-bond acceptors (Lipinski definition) is 15. The minimum Gasteiger partial charge on any atom is -0.459 e. The number of likely N-dealkylation sites (N-methyl/N-ethyl adjacent to an activating group) is 2. The third kappa shape index (κ3) is 11.9. The first kappa shape index (κ1) is 50.7. The van der Waals surface area contributed by atoms with Crippen LogP contribution in [0.2, 0.25) is 5.02 Å². The Morgan fingerprint density at radius 3 is 2.19 bits per heavy atom. The first-order chi connectivity index (χ1) is 29.1. The van der Waals surface area contributed by atoms with Crippen LogP contribution in [0.4, 0.5) is 0 Å². The molecule has 17 atom stereocenters. The molecule has 0 spiro atoms. The quantitative estimate of drug-likeness (QED) is 0.288. The van der Waals surface area contributed by atoms with E-state index in [0.717, 1.165) is 5.56 Å². The molecule has 4 heterocycles. The molecule has 0 bridgehead atoms. The number of benzene rings is 1. The average Bonchev–Trinajstić information content (AvgIpc) is 3.68. The van der Waals surface area contributed by atoms with E-state index in [1.165, 1.54) is 7.11 Å². The Hall–Kier alpha value is -2.32. The second kappa shape index (κ2) is 21.3. The zero-order chi connectivity index (χ0) is 45.8. The van der Waals surface area contributed by atoms with E-state index in [-0.39, 0.29) is 36.9 Å². The maximum atomic E-state index is 14.8. The monoisotopic (exact) mass is 896 g/mol. The Balaban J connectivity index is 1.57. The van der Waals surface area contributed by atoms with Crippen molar-refractivity contribution in [1.82, 2.24) is 24.8 Å². The van der Waals surface area contributed by atoms with Crippen LogP contribution in [0.5, 0.6) is 0 Å². The minimum absolute atomic E-state index is 0.163. The molecule has 3 N–H and O–H groups in total. The first-order valence-corrected chi connectivity index (χ1v) is 22.4. The SMILES string of the molecule is CO[C@]1(C)C[C@@H](C)[C@H](O)[C@H](C)CN(C)C[C@@H](Cn2cc(-c3ccc(Cl)cc3)nn2)OC(=O)[C@H](C)[C@@H](O[C@H]2C[C@@](C)(OC)[C@@H](O)[C@H](C)O2)[C@H](C)[C@H]1O[C@@H]1O[C@H](C)C[C@H](N(C)C)[C@H]1O. The summed E-state index contributed by atoms with van der Waals surface area (Å²) in [5.74, 6) is -2.56. The summed E-state index contributed by atoms with van der Waals surface area (Å²) in [4.78, 5) is 18.8. The molecule has 3 aliphatic heterocycles. The average molecular weight is 897 g/mol. The van der Waals surface area contributed by atoms with Gasteiger partial charge in [-0.15, -0.1) is 5.10 Å². The van der Waals surface area contributed by atoms with E-state index in [1.807, 2.05) is 72.8 Å². The van der Waals surface area contributed by atoms with Gasteiger partial charge in [0.15, 0.2) is 12.6 Å². The smallest absolute Gasteiger partial charge is 0.311 e. The fourth-order valence-electron chi connectivity index (χ4n) is 9.81. The Morgan fingerprint density at radius 2 is 1.56 bits per heavy atom. The van der Waals surface area contributed by atoms with E-state index in [9.17, 15) is 20.1 Å². The topological polar surface area (TPSA) is 180 Å². The maximum absolute atomic E-state index is 14.8. The summed E-state index contributed by atoms with van der Waals surface area (Å²) in [6.45, 7) is 16.2. The summed E-state index contributed by atoms with van der Waals surface area (Å²) in [7, 11) is 8.91. The Bertz CT molecular complexity index is 1720. The highest BCUT2D eigenvalue weighted by Gasteiger charge is 2.52. The highest BCUT2D eigenvalue weighted by Crippen LogP contribution is 2.41. The minimum atomic E-state index is -1.11. The lowest BCUT2D eigenvalue weighted by Crippen LogP contribution is -2.61. The van der Waals surface area contributed by atoms with Crippen molar-refractivity contribution in [3.05, 3.63) is 35.5 Å². The van der Waals surface area contributed by atoms with Gasteiger partial charge >= 0.3 is 5.97 Å². The molecule has 0 aliphatic carbocycles. The predicted molar refractivity (Wildman–Crippen MR) is 233 cm³/mol. The number of aromatic nitrogens is 3. The highest BCUT2D eigenvalue weighted by atomic mass is 35.5. The van der Waals surface area contributed by atoms with Crippen LogP contribution >= 0.6 is 11.6 Å². The Kier molecular flexibility index (Phi) is 17.4. The number of esters is 1. The number of methoxy groups -OCH3 is 2. The molecule has 0 amide bonds. The number of aliphatic hydroxyl groups is 3. The van der Waals surface area contributed by atoms with Crippen molar-refractivity contribution >= 4 is 17.6 Å². The zero-order valence-corrected chi connectivity index (χ0v) is 39.8. The molecular formula is C45H74ClN5O11. The third-order valence-electron chi connectivity index (χ3n) is 13.6. The first-order valence-electron chi connectivity index (χ1n) is 22.1. The number of carbonyl (C=O) groups is 1. The van der Waals surface area contributed by atoms with E-state index in [0.29, 0.717) is 36.6 Å². The highest BCUT2D eigenvalue weighted by molar-refractivity contribution is 6.30.